The van der Waals surface area contributed by atoms with Crippen LogP contribution in [0.15, 0.2) is 65.6 Å². The molecule has 0 aliphatic heterocycles. The molecule has 0 saturated heterocycles. The van der Waals surface area contributed by atoms with Crippen LogP contribution in [0, 0.1) is 5.92 Å². The molecule has 0 bridgehead atoms. The summed E-state index contributed by atoms with van der Waals surface area (Å²) >= 11 is 18.5. The van der Waals surface area contributed by atoms with Crippen molar-refractivity contribution in [2.45, 2.75) is 44.7 Å². The van der Waals surface area contributed by atoms with Crippen molar-refractivity contribution in [2.75, 3.05) is 31.6 Å². The fraction of sp³-hybridized carbons (Fsp3) is 0.355. The van der Waals surface area contributed by atoms with Gasteiger partial charge in [0.05, 0.1) is 34.8 Å². The van der Waals surface area contributed by atoms with Crippen molar-refractivity contribution >= 4 is 62.3 Å². The van der Waals surface area contributed by atoms with Gasteiger partial charge in [0.1, 0.15) is 12.6 Å². The second kappa shape index (κ2) is 15.7. The number of rotatable bonds is 14. The lowest BCUT2D eigenvalue weighted by molar-refractivity contribution is -0.140. The molecule has 0 fully saturated rings. The standard InChI is InChI=1S/C31H36Cl3N3O6S/c1-6-27(31(39)35-17-20(2)3)36(18-21-7-13-25(33)26(34)15-21)30(38)19-37(23-10-8-22(32)9-11-23)44(40,41)24-12-14-28(42-4)29(16-24)43-5/h7-16,20,27H,6,17-19H2,1-5H3,(H,35,39). The minimum absolute atomic E-state index is 0.0197. The summed E-state index contributed by atoms with van der Waals surface area (Å²) in [6.45, 7) is 5.48. The number of nitrogens with one attached hydrogen (secondary N) is 1. The van der Waals surface area contributed by atoms with Crippen molar-refractivity contribution in [3.63, 3.8) is 0 Å². The summed E-state index contributed by atoms with van der Waals surface area (Å²) in [7, 11) is -1.51. The Labute approximate surface area is 274 Å². The van der Waals surface area contributed by atoms with Gasteiger partial charge in [-0.25, -0.2) is 8.42 Å². The molecule has 238 valence electrons. The maximum atomic E-state index is 14.2. The number of carbonyl (C=O) groups is 2. The van der Waals surface area contributed by atoms with Crippen LogP contribution in [0.3, 0.4) is 0 Å². The van der Waals surface area contributed by atoms with Gasteiger partial charge in [-0.05, 0) is 66.4 Å². The fourth-order valence-electron chi connectivity index (χ4n) is 4.42. The molecule has 1 atom stereocenters. The highest BCUT2D eigenvalue weighted by Gasteiger charge is 2.34. The van der Waals surface area contributed by atoms with Gasteiger partial charge < -0.3 is 19.7 Å². The number of hydrogen-bond acceptors (Lipinski definition) is 6. The SMILES string of the molecule is CCC(C(=O)NCC(C)C)N(Cc1ccc(Cl)c(Cl)c1)C(=O)CN(c1ccc(Cl)cc1)S(=O)(=O)c1ccc(OC)c(OC)c1. The van der Waals surface area contributed by atoms with E-state index < -0.39 is 28.5 Å². The summed E-state index contributed by atoms with van der Waals surface area (Å²) < 4.78 is 39.9. The first-order valence-corrected chi connectivity index (χ1v) is 16.4. The van der Waals surface area contributed by atoms with E-state index in [1.165, 1.54) is 61.6 Å². The Balaban J connectivity index is 2.10. The molecule has 0 aromatic heterocycles. The molecule has 0 aliphatic rings. The zero-order valence-electron chi connectivity index (χ0n) is 25.1. The first-order chi connectivity index (χ1) is 20.8. The van der Waals surface area contributed by atoms with E-state index in [9.17, 15) is 18.0 Å². The molecule has 0 radical (unpaired) electrons. The molecule has 0 heterocycles. The van der Waals surface area contributed by atoms with Crippen molar-refractivity contribution < 1.29 is 27.5 Å². The van der Waals surface area contributed by atoms with Gasteiger partial charge in [0.15, 0.2) is 11.5 Å². The molecular weight excluding hydrogens is 649 g/mol. The molecule has 0 spiro atoms. The third-order valence-electron chi connectivity index (χ3n) is 6.74. The Morgan fingerprint density at radius 3 is 2.11 bits per heavy atom. The number of nitrogens with zero attached hydrogens (tertiary/aromatic N) is 2. The van der Waals surface area contributed by atoms with E-state index in [1.807, 2.05) is 13.8 Å². The van der Waals surface area contributed by atoms with Gasteiger partial charge in [-0.1, -0.05) is 61.6 Å². The highest BCUT2D eigenvalue weighted by Crippen LogP contribution is 2.33. The van der Waals surface area contributed by atoms with Crippen LogP contribution >= 0.6 is 34.8 Å². The van der Waals surface area contributed by atoms with Crippen LogP contribution in [0.25, 0.3) is 0 Å². The van der Waals surface area contributed by atoms with Gasteiger partial charge in [0, 0.05) is 24.2 Å². The quantitative estimate of drug-likeness (QED) is 0.210. The second-order valence-corrected chi connectivity index (χ2v) is 13.5. The maximum absolute atomic E-state index is 14.2. The van der Waals surface area contributed by atoms with Crippen molar-refractivity contribution in [3.05, 3.63) is 81.3 Å². The van der Waals surface area contributed by atoms with Crippen molar-refractivity contribution in [3.8, 4) is 11.5 Å². The summed E-state index contributed by atoms with van der Waals surface area (Å²) in [5.41, 5.74) is 0.813. The maximum Gasteiger partial charge on any atom is 0.264 e. The van der Waals surface area contributed by atoms with Gasteiger partial charge >= 0.3 is 0 Å². The van der Waals surface area contributed by atoms with Crippen molar-refractivity contribution in [2.24, 2.45) is 5.92 Å². The zero-order chi connectivity index (χ0) is 32.6. The number of methoxy groups -OCH3 is 2. The molecule has 1 N–H and O–H groups in total. The molecule has 44 heavy (non-hydrogen) atoms. The molecule has 13 heteroatoms. The van der Waals surface area contributed by atoms with Crippen molar-refractivity contribution in [1.29, 1.82) is 0 Å². The lowest BCUT2D eigenvalue weighted by Crippen LogP contribution is -2.52. The number of ether oxygens (including phenoxy) is 2. The monoisotopic (exact) mass is 683 g/mol. The van der Waals surface area contributed by atoms with Crippen LogP contribution in [0.2, 0.25) is 15.1 Å². The summed E-state index contributed by atoms with van der Waals surface area (Å²) in [5.74, 6) is -0.239. The first kappa shape index (κ1) is 35.3. The molecule has 9 nitrogen and oxygen atoms in total. The van der Waals surface area contributed by atoms with Gasteiger partial charge in [-0.2, -0.15) is 0 Å². The Hall–Kier alpha value is -3.18. The topological polar surface area (TPSA) is 105 Å². The average molecular weight is 685 g/mol. The highest BCUT2D eigenvalue weighted by molar-refractivity contribution is 7.92. The average Bonchev–Trinajstić information content (AvgIpc) is 3.00. The van der Waals surface area contributed by atoms with Gasteiger partial charge in [0.2, 0.25) is 11.8 Å². The molecule has 3 aromatic carbocycles. The predicted molar refractivity (Wildman–Crippen MR) is 174 cm³/mol. The normalized spacial score (nSPS) is 12.0. The smallest absolute Gasteiger partial charge is 0.264 e. The van der Waals surface area contributed by atoms with Crippen LogP contribution in [-0.4, -0.2) is 58.5 Å². The van der Waals surface area contributed by atoms with E-state index in [2.05, 4.69) is 5.32 Å². The van der Waals surface area contributed by atoms with Crippen molar-refractivity contribution in [1.82, 2.24) is 10.2 Å². The van der Waals surface area contributed by atoms with Crippen LogP contribution in [0.5, 0.6) is 11.5 Å². The van der Waals surface area contributed by atoms with Crippen LogP contribution in [-0.2, 0) is 26.2 Å². The Morgan fingerprint density at radius 2 is 1.55 bits per heavy atom. The Morgan fingerprint density at radius 1 is 0.886 bits per heavy atom. The fourth-order valence-corrected chi connectivity index (χ4v) is 6.29. The third kappa shape index (κ3) is 8.72. The molecular formula is C31H36Cl3N3O6S. The number of amides is 2. The predicted octanol–water partition coefficient (Wildman–Crippen LogP) is 6.44. The molecule has 0 aliphatic carbocycles. The molecule has 3 rings (SSSR count). The van der Waals surface area contributed by atoms with E-state index in [0.717, 1.165) is 4.31 Å². The Bertz CT molecular complexity index is 1570. The minimum Gasteiger partial charge on any atom is -0.493 e. The lowest BCUT2D eigenvalue weighted by Gasteiger charge is -2.33. The molecule has 0 saturated carbocycles. The number of benzene rings is 3. The number of sulfonamides is 1. The first-order valence-electron chi connectivity index (χ1n) is 13.8. The van der Waals surface area contributed by atoms with Crippen LogP contribution < -0.4 is 19.1 Å². The second-order valence-electron chi connectivity index (χ2n) is 10.3. The summed E-state index contributed by atoms with van der Waals surface area (Å²) in [5, 5.41) is 3.90. The largest absolute Gasteiger partial charge is 0.493 e. The lowest BCUT2D eigenvalue weighted by atomic mass is 10.1. The number of carbonyl (C=O) groups excluding carboxylic acids is 2. The van der Waals surface area contributed by atoms with E-state index in [0.29, 0.717) is 27.9 Å². The highest BCUT2D eigenvalue weighted by atomic mass is 35.5. The van der Waals surface area contributed by atoms with E-state index in [4.69, 9.17) is 44.3 Å². The van der Waals surface area contributed by atoms with Crippen LogP contribution in [0.4, 0.5) is 5.69 Å². The summed E-state index contributed by atoms with van der Waals surface area (Å²) in [6.07, 6.45) is 0.278. The van der Waals surface area contributed by atoms with Gasteiger partial charge in [0.25, 0.3) is 10.0 Å². The van der Waals surface area contributed by atoms with Gasteiger partial charge in [-0.15, -0.1) is 0 Å². The van der Waals surface area contributed by atoms with E-state index in [-0.39, 0.29) is 46.1 Å². The molecule has 1 unspecified atom stereocenters. The molecule has 3 aromatic rings. The van der Waals surface area contributed by atoms with Gasteiger partial charge in [-0.3, -0.25) is 13.9 Å². The van der Waals surface area contributed by atoms with Crippen LogP contribution in [0.1, 0.15) is 32.8 Å². The minimum atomic E-state index is -4.34. The molecule has 2 amide bonds. The Kier molecular flexibility index (Phi) is 12.6. The number of anilines is 1. The number of hydrogen-bond donors (Lipinski definition) is 1. The van der Waals surface area contributed by atoms with E-state index >= 15 is 0 Å². The summed E-state index contributed by atoms with van der Waals surface area (Å²) in [4.78, 5) is 28.8. The summed E-state index contributed by atoms with van der Waals surface area (Å²) in [6, 6.07) is 14.2. The number of halogens is 3. The third-order valence-corrected chi connectivity index (χ3v) is 9.50. The zero-order valence-corrected chi connectivity index (χ0v) is 28.2. The van der Waals surface area contributed by atoms with E-state index in [1.54, 1.807) is 25.1 Å².